The summed E-state index contributed by atoms with van der Waals surface area (Å²) in [4.78, 5) is 14.8. The van der Waals surface area contributed by atoms with Gasteiger partial charge < -0.3 is 4.90 Å². The molecule has 0 bridgehead atoms. The van der Waals surface area contributed by atoms with E-state index in [1.165, 1.54) is 24.6 Å². The summed E-state index contributed by atoms with van der Waals surface area (Å²) in [6.07, 6.45) is 4.61. The molecule has 1 aliphatic rings. The molecule has 0 saturated heterocycles. The summed E-state index contributed by atoms with van der Waals surface area (Å²) in [5.74, 6) is 1.24. The molecule has 2 aromatic carbocycles. The molecule has 0 spiro atoms. The number of hydrogen-bond donors (Lipinski definition) is 0. The van der Waals surface area contributed by atoms with E-state index in [-0.39, 0.29) is 5.91 Å². The Morgan fingerprint density at radius 2 is 1.81 bits per heavy atom. The summed E-state index contributed by atoms with van der Waals surface area (Å²) in [5, 5.41) is 10.4. The zero-order valence-electron chi connectivity index (χ0n) is 17.7. The van der Waals surface area contributed by atoms with E-state index in [0.717, 1.165) is 34.9 Å². The van der Waals surface area contributed by atoms with E-state index in [9.17, 15) is 4.79 Å². The fourth-order valence-corrected chi connectivity index (χ4v) is 5.22. The molecule has 0 aliphatic heterocycles. The first kappa shape index (κ1) is 21.9. The van der Waals surface area contributed by atoms with E-state index >= 15 is 0 Å². The minimum atomic E-state index is 0.108. The van der Waals surface area contributed by atoms with E-state index in [4.69, 9.17) is 11.6 Å². The molecule has 5 nitrogen and oxygen atoms in total. The van der Waals surface area contributed by atoms with Crippen molar-refractivity contribution in [3.05, 3.63) is 65.2 Å². The largest absolute Gasteiger partial charge is 0.338 e. The quantitative estimate of drug-likeness (QED) is 0.400. The van der Waals surface area contributed by atoms with E-state index in [1.807, 2.05) is 54.3 Å². The molecular formula is C24H27ClN4OS. The van der Waals surface area contributed by atoms with Gasteiger partial charge in [0.25, 0.3) is 0 Å². The van der Waals surface area contributed by atoms with Gasteiger partial charge in [0.15, 0.2) is 11.0 Å². The predicted octanol–water partition coefficient (Wildman–Crippen LogP) is 5.85. The van der Waals surface area contributed by atoms with Crippen LogP contribution in [0.4, 0.5) is 0 Å². The van der Waals surface area contributed by atoms with Gasteiger partial charge in [0.2, 0.25) is 5.91 Å². The summed E-state index contributed by atoms with van der Waals surface area (Å²) in [5.41, 5.74) is 2.03. The summed E-state index contributed by atoms with van der Waals surface area (Å²) >= 11 is 7.94. The van der Waals surface area contributed by atoms with E-state index < -0.39 is 0 Å². The fourth-order valence-electron chi connectivity index (χ4n) is 4.09. The zero-order chi connectivity index (χ0) is 21.6. The normalized spacial score (nSPS) is 14.1. The molecular weight excluding hydrogens is 428 g/mol. The Bertz CT molecular complexity index is 1020. The maximum Gasteiger partial charge on any atom is 0.233 e. The van der Waals surface area contributed by atoms with Crippen LogP contribution in [0.1, 0.15) is 44.2 Å². The van der Waals surface area contributed by atoms with E-state index in [0.29, 0.717) is 29.9 Å². The molecule has 0 unspecified atom stereocenters. The Kier molecular flexibility index (Phi) is 7.30. The second-order valence-electron chi connectivity index (χ2n) is 7.78. The number of hydrogen-bond acceptors (Lipinski definition) is 4. The fraction of sp³-hybridized carbons (Fsp3) is 0.375. The van der Waals surface area contributed by atoms with Crippen molar-refractivity contribution in [2.24, 2.45) is 0 Å². The Morgan fingerprint density at radius 1 is 1.10 bits per heavy atom. The third-order valence-electron chi connectivity index (χ3n) is 5.74. The molecule has 1 aromatic heterocycles. The standard InChI is InChI=1S/C24H27ClN4OS/c1-2-28(16-18-10-4-3-5-11-18)22(30)17-31-24-27-26-23(20-14-8-9-15-21(20)25)29(24)19-12-6-7-13-19/h3-5,8-11,14-15,19H,2,6-7,12-13,16-17H2,1H3. The molecule has 0 N–H and O–H groups in total. The average Bonchev–Trinajstić information content (AvgIpc) is 3.46. The minimum Gasteiger partial charge on any atom is -0.338 e. The Hall–Kier alpha value is -2.31. The summed E-state index contributed by atoms with van der Waals surface area (Å²) < 4.78 is 2.21. The van der Waals surface area contributed by atoms with Gasteiger partial charge in [0.05, 0.1) is 10.8 Å². The molecule has 7 heteroatoms. The van der Waals surface area contributed by atoms with Crippen LogP contribution in [0, 0.1) is 0 Å². The molecule has 0 atom stereocenters. The molecule has 0 radical (unpaired) electrons. The molecule has 4 rings (SSSR count). The number of thioether (sulfide) groups is 1. The first-order chi connectivity index (χ1) is 15.2. The van der Waals surface area contributed by atoms with E-state index in [2.05, 4.69) is 26.9 Å². The number of benzene rings is 2. The first-order valence-corrected chi connectivity index (χ1v) is 12.2. The first-order valence-electron chi connectivity index (χ1n) is 10.8. The van der Waals surface area contributed by atoms with Crippen LogP contribution in [0.3, 0.4) is 0 Å². The van der Waals surface area contributed by atoms with Crippen molar-refractivity contribution >= 4 is 29.3 Å². The third-order valence-corrected chi connectivity index (χ3v) is 7.00. The van der Waals surface area contributed by atoms with Gasteiger partial charge >= 0.3 is 0 Å². The van der Waals surface area contributed by atoms with Crippen LogP contribution in [-0.2, 0) is 11.3 Å². The lowest BCUT2D eigenvalue weighted by Gasteiger charge is -2.21. The topological polar surface area (TPSA) is 51.0 Å². The van der Waals surface area contributed by atoms with Crippen LogP contribution in [-0.4, -0.2) is 37.9 Å². The lowest BCUT2D eigenvalue weighted by molar-refractivity contribution is -0.128. The van der Waals surface area contributed by atoms with Crippen molar-refractivity contribution in [1.29, 1.82) is 0 Å². The van der Waals surface area contributed by atoms with Crippen molar-refractivity contribution in [3.8, 4) is 11.4 Å². The lowest BCUT2D eigenvalue weighted by atomic mass is 10.2. The monoisotopic (exact) mass is 454 g/mol. The second kappa shape index (κ2) is 10.3. The van der Waals surface area contributed by atoms with Gasteiger partial charge in [0.1, 0.15) is 0 Å². The van der Waals surface area contributed by atoms with Gasteiger partial charge in [-0.3, -0.25) is 9.36 Å². The van der Waals surface area contributed by atoms with Gasteiger partial charge in [0, 0.05) is 24.7 Å². The zero-order valence-corrected chi connectivity index (χ0v) is 19.3. The van der Waals surface area contributed by atoms with Crippen molar-refractivity contribution in [3.63, 3.8) is 0 Å². The molecule has 3 aromatic rings. The van der Waals surface area contributed by atoms with Gasteiger partial charge in [-0.15, -0.1) is 10.2 Å². The molecule has 1 saturated carbocycles. The molecule has 162 valence electrons. The van der Waals surface area contributed by atoms with Crippen LogP contribution < -0.4 is 0 Å². The van der Waals surface area contributed by atoms with Gasteiger partial charge in [-0.25, -0.2) is 0 Å². The number of amides is 1. The summed E-state index contributed by atoms with van der Waals surface area (Å²) in [6.45, 7) is 3.31. The molecule has 1 aliphatic carbocycles. The smallest absolute Gasteiger partial charge is 0.233 e. The van der Waals surface area contributed by atoms with Crippen LogP contribution in [0.25, 0.3) is 11.4 Å². The minimum absolute atomic E-state index is 0.108. The number of aromatic nitrogens is 3. The van der Waals surface area contributed by atoms with Crippen LogP contribution in [0.5, 0.6) is 0 Å². The average molecular weight is 455 g/mol. The van der Waals surface area contributed by atoms with Crippen molar-refractivity contribution < 1.29 is 4.79 Å². The molecule has 1 fully saturated rings. The number of carbonyl (C=O) groups excluding carboxylic acids is 1. The van der Waals surface area contributed by atoms with Crippen molar-refractivity contribution in [2.75, 3.05) is 12.3 Å². The Morgan fingerprint density at radius 3 is 2.52 bits per heavy atom. The summed E-state index contributed by atoms with van der Waals surface area (Å²) in [6, 6.07) is 18.2. The van der Waals surface area contributed by atoms with E-state index in [1.54, 1.807) is 0 Å². The number of halogens is 1. The highest BCUT2D eigenvalue weighted by Gasteiger charge is 2.26. The highest BCUT2D eigenvalue weighted by atomic mass is 35.5. The second-order valence-corrected chi connectivity index (χ2v) is 9.13. The van der Waals surface area contributed by atoms with Gasteiger partial charge in [-0.05, 0) is 37.5 Å². The number of nitrogens with zero attached hydrogens (tertiary/aromatic N) is 4. The van der Waals surface area contributed by atoms with Crippen LogP contribution in [0.2, 0.25) is 5.02 Å². The number of carbonyl (C=O) groups is 1. The maximum atomic E-state index is 12.9. The van der Waals surface area contributed by atoms with Gasteiger partial charge in [-0.1, -0.05) is 78.7 Å². The van der Waals surface area contributed by atoms with Gasteiger partial charge in [-0.2, -0.15) is 0 Å². The predicted molar refractivity (Wildman–Crippen MR) is 126 cm³/mol. The highest BCUT2D eigenvalue weighted by Crippen LogP contribution is 2.38. The SMILES string of the molecule is CCN(Cc1ccccc1)C(=O)CSc1nnc(-c2ccccc2Cl)n1C1CCCC1. The van der Waals surface area contributed by atoms with Crippen molar-refractivity contribution in [2.45, 2.75) is 50.4 Å². The van der Waals surface area contributed by atoms with Crippen LogP contribution in [0.15, 0.2) is 59.8 Å². The van der Waals surface area contributed by atoms with Crippen molar-refractivity contribution in [1.82, 2.24) is 19.7 Å². The Balaban J connectivity index is 1.53. The molecule has 1 amide bonds. The third kappa shape index (κ3) is 5.13. The van der Waals surface area contributed by atoms with Crippen LogP contribution >= 0.6 is 23.4 Å². The molecule has 31 heavy (non-hydrogen) atoms. The summed E-state index contributed by atoms with van der Waals surface area (Å²) in [7, 11) is 0. The lowest BCUT2D eigenvalue weighted by Crippen LogP contribution is -2.31. The Labute approximate surface area is 192 Å². The maximum absolute atomic E-state index is 12.9. The molecule has 1 heterocycles. The number of rotatable bonds is 8. The highest BCUT2D eigenvalue weighted by molar-refractivity contribution is 7.99.